The number of hydrogen-bond donors (Lipinski definition) is 3. The van der Waals surface area contributed by atoms with Crippen molar-refractivity contribution in [2.24, 2.45) is 0 Å². The van der Waals surface area contributed by atoms with Crippen LogP contribution in [-0.2, 0) is 11.3 Å². The van der Waals surface area contributed by atoms with Gasteiger partial charge in [0.2, 0.25) is 0 Å². The van der Waals surface area contributed by atoms with Gasteiger partial charge in [-0.25, -0.2) is 0 Å². The second-order valence-corrected chi connectivity index (χ2v) is 7.62. The van der Waals surface area contributed by atoms with E-state index >= 15 is 0 Å². The zero-order valence-corrected chi connectivity index (χ0v) is 16.4. The molecule has 0 radical (unpaired) electrons. The van der Waals surface area contributed by atoms with E-state index in [4.69, 9.17) is 5.73 Å². The molecular formula is C23H28N4O. The minimum atomic E-state index is -0.0772. The van der Waals surface area contributed by atoms with E-state index in [0.717, 1.165) is 35.6 Å². The van der Waals surface area contributed by atoms with Crippen LogP contribution in [-0.4, -0.2) is 23.9 Å². The molecule has 2 aromatic rings. The van der Waals surface area contributed by atoms with Gasteiger partial charge in [0.1, 0.15) is 0 Å². The second-order valence-electron chi connectivity index (χ2n) is 7.62. The molecule has 4 N–H and O–H groups in total. The van der Waals surface area contributed by atoms with Crippen LogP contribution in [0.4, 0.5) is 17.1 Å². The Hall–Kier alpha value is -2.79. The Bertz CT molecular complexity index is 895. The van der Waals surface area contributed by atoms with Gasteiger partial charge in [0.25, 0.3) is 5.91 Å². The highest BCUT2D eigenvalue weighted by Gasteiger charge is 2.27. The molecule has 146 valence electrons. The van der Waals surface area contributed by atoms with Crippen LogP contribution in [0.1, 0.15) is 43.7 Å². The standard InChI is InChI=1S/C23H28N4O/c1-2-20(22-19-14-17(24)8-11-21(19)26-23(22)28)25-18-9-6-16(7-10-18)15-27-12-4-3-5-13-27/h6-11,14,25H,2-5,12-13,15,24H2,1H3,(H,26,28)/b22-20-. The molecule has 5 heteroatoms. The van der Waals surface area contributed by atoms with Crippen LogP contribution in [0.2, 0.25) is 0 Å². The van der Waals surface area contributed by atoms with Gasteiger partial charge in [0.05, 0.1) is 5.57 Å². The highest BCUT2D eigenvalue weighted by Crippen LogP contribution is 2.36. The van der Waals surface area contributed by atoms with Crippen LogP contribution in [0.15, 0.2) is 48.2 Å². The molecule has 2 heterocycles. The van der Waals surface area contributed by atoms with Gasteiger partial charge in [-0.1, -0.05) is 25.5 Å². The van der Waals surface area contributed by atoms with Crippen molar-refractivity contribution in [2.75, 3.05) is 29.5 Å². The molecule has 2 aromatic carbocycles. The third-order valence-electron chi connectivity index (χ3n) is 5.55. The van der Waals surface area contributed by atoms with Crippen molar-refractivity contribution in [2.45, 2.75) is 39.2 Å². The van der Waals surface area contributed by atoms with E-state index in [0.29, 0.717) is 11.3 Å². The highest BCUT2D eigenvalue weighted by atomic mass is 16.2. The fraction of sp³-hybridized carbons (Fsp3) is 0.348. The van der Waals surface area contributed by atoms with Gasteiger partial charge < -0.3 is 16.4 Å². The molecule has 0 aliphatic carbocycles. The summed E-state index contributed by atoms with van der Waals surface area (Å²) < 4.78 is 0. The lowest BCUT2D eigenvalue weighted by molar-refractivity contribution is -0.110. The lowest BCUT2D eigenvalue weighted by Crippen LogP contribution is -2.29. The molecule has 0 aromatic heterocycles. The number of hydrogen-bond acceptors (Lipinski definition) is 4. The number of rotatable bonds is 5. The zero-order chi connectivity index (χ0) is 19.5. The Morgan fingerprint density at radius 1 is 1.11 bits per heavy atom. The van der Waals surface area contributed by atoms with Crippen molar-refractivity contribution in [1.82, 2.24) is 4.90 Å². The van der Waals surface area contributed by atoms with E-state index in [9.17, 15) is 4.79 Å². The van der Waals surface area contributed by atoms with E-state index in [1.165, 1.54) is 37.9 Å². The maximum atomic E-state index is 12.6. The fourth-order valence-corrected chi connectivity index (χ4v) is 4.06. The zero-order valence-electron chi connectivity index (χ0n) is 16.4. The van der Waals surface area contributed by atoms with Gasteiger partial charge in [-0.3, -0.25) is 9.69 Å². The summed E-state index contributed by atoms with van der Waals surface area (Å²) in [6, 6.07) is 14.1. The lowest BCUT2D eigenvalue weighted by Gasteiger charge is -2.26. The van der Waals surface area contributed by atoms with Crippen molar-refractivity contribution in [3.8, 4) is 0 Å². The number of nitrogens with one attached hydrogen (secondary N) is 2. The van der Waals surface area contributed by atoms with E-state index in [2.05, 4.69) is 46.7 Å². The van der Waals surface area contributed by atoms with E-state index in [-0.39, 0.29) is 5.91 Å². The van der Waals surface area contributed by atoms with Gasteiger partial charge in [-0.2, -0.15) is 0 Å². The van der Waals surface area contributed by atoms with Gasteiger partial charge in [-0.15, -0.1) is 0 Å². The molecule has 0 bridgehead atoms. The molecule has 0 atom stereocenters. The molecule has 0 spiro atoms. The molecule has 2 aliphatic heterocycles. The quantitative estimate of drug-likeness (QED) is 0.533. The predicted octanol–water partition coefficient (Wildman–Crippen LogP) is 4.44. The van der Waals surface area contributed by atoms with Crippen molar-refractivity contribution in [1.29, 1.82) is 0 Å². The summed E-state index contributed by atoms with van der Waals surface area (Å²) in [6.07, 6.45) is 4.70. The monoisotopic (exact) mass is 376 g/mol. The number of allylic oxidation sites excluding steroid dienone is 1. The fourth-order valence-electron chi connectivity index (χ4n) is 4.06. The molecular weight excluding hydrogens is 348 g/mol. The first-order chi connectivity index (χ1) is 13.6. The Balaban J connectivity index is 1.53. The summed E-state index contributed by atoms with van der Waals surface area (Å²) in [5, 5.41) is 6.39. The molecule has 2 aliphatic rings. The summed E-state index contributed by atoms with van der Waals surface area (Å²) >= 11 is 0. The minimum Gasteiger partial charge on any atom is -0.399 e. The Morgan fingerprint density at radius 3 is 2.57 bits per heavy atom. The molecule has 0 saturated carbocycles. The minimum absolute atomic E-state index is 0.0772. The Kier molecular flexibility index (Phi) is 5.35. The third kappa shape index (κ3) is 3.90. The largest absolute Gasteiger partial charge is 0.399 e. The number of piperidine rings is 1. The van der Waals surface area contributed by atoms with Gasteiger partial charge >= 0.3 is 0 Å². The van der Waals surface area contributed by atoms with Crippen molar-refractivity contribution < 1.29 is 4.79 Å². The number of likely N-dealkylation sites (tertiary alicyclic amines) is 1. The normalized spacial score (nSPS) is 18.5. The Morgan fingerprint density at radius 2 is 1.86 bits per heavy atom. The van der Waals surface area contributed by atoms with Gasteiger partial charge in [-0.05, 0) is 68.2 Å². The number of carbonyl (C=O) groups excluding carboxylic acids is 1. The molecule has 1 amide bonds. The average molecular weight is 377 g/mol. The first-order valence-electron chi connectivity index (χ1n) is 10.2. The third-order valence-corrected chi connectivity index (χ3v) is 5.55. The van der Waals surface area contributed by atoms with Crippen LogP contribution in [0.3, 0.4) is 0 Å². The van der Waals surface area contributed by atoms with Gasteiger partial charge in [0, 0.05) is 34.9 Å². The molecule has 28 heavy (non-hydrogen) atoms. The van der Waals surface area contributed by atoms with Crippen molar-refractivity contribution in [3.63, 3.8) is 0 Å². The number of nitrogen functional groups attached to an aromatic ring is 1. The maximum Gasteiger partial charge on any atom is 0.258 e. The smallest absolute Gasteiger partial charge is 0.258 e. The number of nitrogens with two attached hydrogens (primary N) is 1. The number of anilines is 3. The summed E-state index contributed by atoms with van der Waals surface area (Å²) in [4.78, 5) is 15.1. The van der Waals surface area contributed by atoms with E-state index < -0.39 is 0 Å². The van der Waals surface area contributed by atoms with Crippen molar-refractivity contribution >= 4 is 28.5 Å². The highest BCUT2D eigenvalue weighted by molar-refractivity contribution is 6.32. The summed E-state index contributed by atoms with van der Waals surface area (Å²) in [7, 11) is 0. The van der Waals surface area contributed by atoms with Crippen LogP contribution in [0.25, 0.3) is 5.57 Å². The lowest BCUT2D eigenvalue weighted by atomic mass is 10.0. The average Bonchev–Trinajstić information content (AvgIpc) is 3.03. The Labute approximate surface area is 166 Å². The SMILES string of the molecule is CC/C(Nc1ccc(CN2CCCCC2)cc1)=C1/C(=O)Nc2ccc(N)cc21. The molecule has 1 fully saturated rings. The van der Waals surface area contributed by atoms with Crippen molar-refractivity contribution in [3.05, 3.63) is 59.3 Å². The molecule has 4 rings (SSSR count). The molecule has 0 unspecified atom stereocenters. The first-order valence-corrected chi connectivity index (χ1v) is 10.2. The van der Waals surface area contributed by atoms with Gasteiger partial charge in [0.15, 0.2) is 0 Å². The number of carbonyl (C=O) groups is 1. The van der Waals surface area contributed by atoms with Crippen LogP contribution < -0.4 is 16.4 Å². The van der Waals surface area contributed by atoms with Crippen LogP contribution in [0.5, 0.6) is 0 Å². The predicted molar refractivity (Wildman–Crippen MR) is 116 cm³/mol. The number of benzene rings is 2. The maximum absolute atomic E-state index is 12.6. The summed E-state index contributed by atoms with van der Waals surface area (Å²) in [6.45, 7) is 5.46. The van der Waals surface area contributed by atoms with Crippen LogP contribution >= 0.6 is 0 Å². The molecule has 5 nitrogen and oxygen atoms in total. The number of amides is 1. The second kappa shape index (κ2) is 8.07. The van der Waals surface area contributed by atoms with Crippen LogP contribution in [0, 0.1) is 0 Å². The van der Waals surface area contributed by atoms with E-state index in [1.54, 1.807) is 0 Å². The number of fused-ring (bicyclic) bond motifs is 1. The van der Waals surface area contributed by atoms with E-state index in [1.807, 2.05) is 18.2 Å². The topological polar surface area (TPSA) is 70.4 Å². The summed E-state index contributed by atoms with van der Waals surface area (Å²) in [5.74, 6) is -0.0772. The first kappa shape index (κ1) is 18.6. The molecule has 1 saturated heterocycles. The number of nitrogens with zero attached hydrogens (tertiary/aromatic N) is 1. The summed E-state index contributed by atoms with van der Waals surface area (Å²) in [5.41, 5.74) is 12.2.